The molecule has 0 unspecified atom stereocenters. The summed E-state index contributed by atoms with van der Waals surface area (Å²) in [5, 5.41) is 0. The van der Waals surface area contributed by atoms with Crippen LogP contribution in [0.15, 0.2) is 43.0 Å². The number of amides is 2. The molecule has 1 heterocycles. The Kier molecular flexibility index (Phi) is 6.18. The molecule has 0 saturated carbocycles. The summed E-state index contributed by atoms with van der Waals surface area (Å²) in [6.07, 6.45) is 4.11. The van der Waals surface area contributed by atoms with E-state index in [2.05, 4.69) is 12.7 Å². The molecular weight excluding hydrogens is 304 g/mol. The minimum atomic E-state index is -0.213. The summed E-state index contributed by atoms with van der Waals surface area (Å²) in [6.45, 7) is 7.14. The zero-order valence-corrected chi connectivity index (χ0v) is 14.3. The van der Waals surface area contributed by atoms with E-state index in [0.717, 1.165) is 17.7 Å². The first-order valence-corrected chi connectivity index (χ1v) is 8.11. The molecular formula is C19H24N2O3. The summed E-state index contributed by atoms with van der Waals surface area (Å²) in [5.41, 5.74) is 2.34. The van der Waals surface area contributed by atoms with E-state index in [9.17, 15) is 9.59 Å². The zero-order chi connectivity index (χ0) is 17.5. The monoisotopic (exact) mass is 328 g/mol. The fourth-order valence-corrected chi connectivity index (χ4v) is 2.72. The molecule has 1 aliphatic rings. The van der Waals surface area contributed by atoms with Crippen LogP contribution in [0.25, 0.3) is 5.57 Å². The van der Waals surface area contributed by atoms with Gasteiger partial charge in [0.2, 0.25) is 11.8 Å². The van der Waals surface area contributed by atoms with Gasteiger partial charge in [-0.3, -0.25) is 9.59 Å². The number of carbonyl (C=O) groups excluding carboxylic acids is 2. The van der Waals surface area contributed by atoms with E-state index < -0.39 is 0 Å². The fourth-order valence-electron chi connectivity index (χ4n) is 2.72. The van der Waals surface area contributed by atoms with E-state index in [1.165, 1.54) is 16.5 Å². The lowest BCUT2D eigenvalue weighted by atomic mass is 9.99. The quantitative estimate of drug-likeness (QED) is 0.753. The highest BCUT2D eigenvalue weighted by Crippen LogP contribution is 2.25. The Morgan fingerprint density at radius 2 is 2.21 bits per heavy atom. The summed E-state index contributed by atoms with van der Waals surface area (Å²) in [7, 11) is 1.65. The number of rotatable bonds is 6. The molecule has 1 aromatic rings. The Balaban J connectivity index is 2.00. The van der Waals surface area contributed by atoms with Gasteiger partial charge in [0.15, 0.2) is 0 Å². The Hall–Kier alpha value is -2.56. The molecule has 5 heteroatoms. The van der Waals surface area contributed by atoms with Crippen LogP contribution >= 0.6 is 0 Å². The number of carbonyl (C=O) groups is 2. The van der Waals surface area contributed by atoms with Crippen molar-refractivity contribution in [1.29, 1.82) is 0 Å². The van der Waals surface area contributed by atoms with Crippen LogP contribution in [0.1, 0.15) is 18.9 Å². The van der Waals surface area contributed by atoms with Gasteiger partial charge in [-0.25, -0.2) is 0 Å². The highest BCUT2D eigenvalue weighted by molar-refractivity contribution is 5.91. The normalized spacial score (nSPS) is 13.9. The van der Waals surface area contributed by atoms with Gasteiger partial charge in [-0.2, -0.15) is 0 Å². The van der Waals surface area contributed by atoms with Gasteiger partial charge < -0.3 is 14.5 Å². The number of hydrogen-bond acceptors (Lipinski definition) is 3. The van der Waals surface area contributed by atoms with E-state index in [-0.39, 0.29) is 18.4 Å². The SMILES string of the molecule is C=CC(=O)N(CC)CC(=O)N1CC=C(c2cccc(OC)c2)CC1. The van der Waals surface area contributed by atoms with E-state index in [4.69, 9.17) is 4.74 Å². The van der Waals surface area contributed by atoms with Crippen molar-refractivity contribution >= 4 is 17.4 Å². The summed E-state index contributed by atoms with van der Waals surface area (Å²) in [6, 6.07) is 7.93. The van der Waals surface area contributed by atoms with Crippen LogP contribution in [0.2, 0.25) is 0 Å². The Morgan fingerprint density at radius 3 is 2.79 bits per heavy atom. The van der Waals surface area contributed by atoms with Crippen LogP contribution in [0, 0.1) is 0 Å². The largest absolute Gasteiger partial charge is 0.497 e. The summed E-state index contributed by atoms with van der Waals surface area (Å²) >= 11 is 0. The third kappa shape index (κ3) is 4.25. The third-order valence-electron chi connectivity index (χ3n) is 4.20. The van der Waals surface area contributed by atoms with E-state index >= 15 is 0 Å². The van der Waals surface area contributed by atoms with Gasteiger partial charge in [-0.05, 0) is 42.7 Å². The van der Waals surface area contributed by atoms with Crippen LogP contribution in [0.3, 0.4) is 0 Å². The highest BCUT2D eigenvalue weighted by Gasteiger charge is 2.21. The molecule has 2 amide bonds. The second-order valence-electron chi connectivity index (χ2n) is 5.61. The zero-order valence-electron chi connectivity index (χ0n) is 14.3. The molecule has 0 spiro atoms. The molecule has 0 bridgehead atoms. The minimum absolute atomic E-state index is 0.0343. The van der Waals surface area contributed by atoms with Crippen molar-refractivity contribution in [2.75, 3.05) is 33.3 Å². The molecule has 0 atom stereocenters. The smallest absolute Gasteiger partial charge is 0.246 e. The average molecular weight is 328 g/mol. The van der Waals surface area contributed by atoms with Crippen molar-refractivity contribution in [1.82, 2.24) is 9.80 Å². The van der Waals surface area contributed by atoms with Gasteiger partial charge in [-0.1, -0.05) is 24.8 Å². The number of likely N-dealkylation sites (N-methyl/N-ethyl adjacent to an activating group) is 1. The molecule has 2 rings (SSSR count). The lowest BCUT2D eigenvalue weighted by Gasteiger charge is -2.29. The van der Waals surface area contributed by atoms with Crippen LogP contribution in [-0.2, 0) is 9.59 Å². The molecule has 0 aromatic heterocycles. The van der Waals surface area contributed by atoms with Crippen molar-refractivity contribution in [2.45, 2.75) is 13.3 Å². The molecule has 1 aromatic carbocycles. The molecule has 0 radical (unpaired) electrons. The minimum Gasteiger partial charge on any atom is -0.497 e. The number of nitrogens with zero attached hydrogens (tertiary/aromatic N) is 2. The van der Waals surface area contributed by atoms with Gasteiger partial charge >= 0.3 is 0 Å². The lowest BCUT2D eigenvalue weighted by molar-refractivity contribution is -0.137. The maximum Gasteiger partial charge on any atom is 0.246 e. The lowest BCUT2D eigenvalue weighted by Crippen LogP contribution is -2.43. The Labute approximate surface area is 143 Å². The molecule has 0 fully saturated rings. The van der Waals surface area contributed by atoms with E-state index in [0.29, 0.717) is 19.6 Å². The van der Waals surface area contributed by atoms with Gasteiger partial charge in [0, 0.05) is 19.6 Å². The average Bonchev–Trinajstić information content (AvgIpc) is 2.65. The second-order valence-corrected chi connectivity index (χ2v) is 5.61. The molecule has 0 N–H and O–H groups in total. The van der Waals surface area contributed by atoms with Crippen LogP contribution in [0.4, 0.5) is 0 Å². The first kappa shape index (κ1) is 17.8. The van der Waals surface area contributed by atoms with Gasteiger partial charge in [0.05, 0.1) is 7.11 Å². The Bertz CT molecular complexity index is 652. The van der Waals surface area contributed by atoms with Gasteiger partial charge in [-0.15, -0.1) is 0 Å². The molecule has 128 valence electrons. The van der Waals surface area contributed by atoms with Gasteiger partial charge in [0.1, 0.15) is 12.3 Å². The van der Waals surface area contributed by atoms with Crippen LogP contribution in [0.5, 0.6) is 5.75 Å². The van der Waals surface area contributed by atoms with E-state index in [1.807, 2.05) is 31.2 Å². The summed E-state index contributed by atoms with van der Waals surface area (Å²) in [4.78, 5) is 27.3. The van der Waals surface area contributed by atoms with Crippen LogP contribution < -0.4 is 4.74 Å². The maximum atomic E-state index is 12.4. The van der Waals surface area contributed by atoms with Crippen molar-refractivity contribution < 1.29 is 14.3 Å². The Morgan fingerprint density at radius 1 is 1.42 bits per heavy atom. The molecule has 0 saturated heterocycles. The summed E-state index contributed by atoms with van der Waals surface area (Å²) in [5.74, 6) is 0.580. The van der Waals surface area contributed by atoms with Crippen molar-refractivity contribution in [2.24, 2.45) is 0 Å². The second kappa shape index (κ2) is 8.34. The summed E-state index contributed by atoms with van der Waals surface area (Å²) < 4.78 is 5.26. The van der Waals surface area contributed by atoms with Crippen molar-refractivity contribution in [3.8, 4) is 5.75 Å². The predicted molar refractivity (Wildman–Crippen MR) is 94.6 cm³/mol. The molecule has 5 nitrogen and oxygen atoms in total. The first-order chi connectivity index (χ1) is 11.6. The number of benzene rings is 1. The van der Waals surface area contributed by atoms with Crippen molar-refractivity contribution in [3.05, 3.63) is 48.6 Å². The number of hydrogen-bond donors (Lipinski definition) is 0. The molecule has 0 aliphatic carbocycles. The number of ether oxygens (including phenoxy) is 1. The fraction of sp³-hybridized carbons (Fsp3) is 0.368. The predicted octanol–water partition coefficient (Wildman–Crippen LogP) is 2.35. The first-order valence-electron chi connectivity index (χ1n) is 8.11. The molecule has 1 aliphatic heterocycles. The van der Waals surface area contributed by atoms with Gasteiger partial charge in [0.25, 0.3) is 0 Å². The van der Waals surface area contributed by atoms with E-state index in [1.54, 1.807) is 12.0 Å². The topological polar surface area (TPSA) is 49.9 Å². The number of methoxy groups -OCH3 is 1. The third-order valence-corrected chi connectivity index (χ3v) is 4.20. The molecule has 24 heavy (non-hydrogen) atoms. The van der Waals surface area contributed by atoms with Crippen molar-refractivity contribution in [3.63, 3.8) is 0 Å². The standard InChI is InChI=1S/C19H24N2O3/c1-4-18(22)20(5-2)14-19(23)21-11-9-15(10-12-21)16-7-6-8-17(13-16)24-3/h4,6-9,13H,1,5,10-12,14H2,2-3H3. The van der Waals surface area contributed by atoms with Crippen LogP contribution in [-0.4, -0.2) is 54.9 Å². The maximum absolute atomic E-state index is 12.4. The highest BCUT2D eigenvalue weighted by atomic mass is 16.5.